The summed E-state index contributed by atoms with van der Waals surface area (Å²) in [6, 6.07) is 0. The third-order valence-corrected chi connectivity index (χ3v) is 17.7. The average Bonchev–Trinajstić information content (AvgIpc) is 3.50. The molecule has 9 nitrogen and oxygen atoms in total. The Labute approximate surface area is 541 Å². The van der Waals surface area contributed by atoms with Crippen molar-refractivity contribution in [1.29, 1.82) is 0 Å². The Kier molecular flexibility index (Phi) is 67.9. The van der Waals surface area contributed by atoms with Crippen molar-refractivity contribution in [3.8, 4) is 0 Å². The number of likely N-dealkylation sites (N-methyl/N-ethyl adjacent to an activating group) is 1. The number of carbonyl (C=O) groups is 3. The van der Waals surface area contributed by atoms with Crippen LogP contribution in [0, 0.1) is 0 Å². The van der Waals surface area contributed by atoms with Crippen LogP contribution in [0.4, 0.5) is 0 Å². The number of carbonyl (C=O) groups excluding carboxylic acids is 2. The molecule has 0 aromatic carbocycles. The molecule has 9 heteroatoms. The Bertz CT molecular complexity index is 1480. The number of unbranched alkanes of at least 4 members (excludes halogenated alkanes) is 54. The smallest absolute Gasteiger partial charge is 0.361 e. The van der Waals surface area contributed by atoms with Gasteiger partial charge in [-0.25, -0.2) is 4.79 Å². The summed E-state index contributed by atoms with van der Waals surface area (Å²) in [5.74, 6) is -1.98. The maximum Gasteiger partial charge on any atom is 0.361 e. The van der Waals surface area contributed by atoms with Crippen molar-refractivity contribution in [3.63, 3.8) is 0 Å². The second kappa shape index (κ2) is 69.7. The van der Waals surface area contributed by atoms with Gasteiger partial charge in [0.15, 0.2) is 6.10 Å². The molecular formula is C78H150NO8+. The predicted octanol–water partition coefficient (Wildman–Crippen LogP) is 24.1. The highest BCUT2D eigenvalue weighted by atomic mass is 16.7. The van der Waals surface area contributed by atoms with E-state index >= 15 is 0 Å². The topological polar surface area (TPSA) is 108 Å². The van der Waals surface area contributed by atoms with Gasteiger partial charge >= 0.3 is 17.9 Å². The quantitative estimate of drug-likeness (QED) is 0.0211. The number of allylic oxidation sites excluding steroid dienone is 4. The van der Waals surface area contributed by atoms with Gasteiger partial charge in [-0.3, -0.25) is 9.59 Å². The van der Waals surface area contributed by atoms with Crippen molar-refractivity contribution in [3.05, 3.63) is 24.3 Å². The van der Waals surface area contributed by atoms with Crippen molar-refractivity contribution in [2.45, 2.75) is 411 Å². The fourth-order valence-electron chi connectivity index (χ4n) is 11.8. The van der Waals surface area contributed by atoms with E-state index in [1.54, 1.807) is 0 Å². The van der Waals surface area contributed by atoms with Crippen molar-refractivity contribution < 1.29 is 42.9 Å². The molecule has 0 aromatic rings. The molecule has 0 saturated heterocycles. The number of nitrogens with zero attached hydrogens (tertiary/aromatic N) is 1. The molecule has 0 fully saturated rings. The molecular weight excluding hydrogens is 1080 g/mol. The largest absolute Gasteiger partial charge is 0.477 e. The fourth-order valence-corrected chi connectivity index (χ4v) is 11.8. The molecule has 0 aliphatic carbocycles. The van der Waals surface area contributed by atoms with Gasteiger partial charge < -0.3 is 28.5 Å². The predicted molar refractivity (Wildman–Crippen MR) is 374 cm³/mol. The lowest BCUT2D eigenvalue weighted by Gasteiger charge is -2.25. The standard InChI is InChI=1S/C78H149NO8/c1-6-8-10-12-14-16-18-20-22-24-26-28-30-31-32-33-34-35-36-37-38-39-40-41-42-43-44-45-47-48-50-52-54-56-58-60-62-64-66-68-75(80)85-72-74(73-86-78(77(82)83)84-71-70-79(3,4)5)87-76(81)69-67-65-63-61-59-57-55-53-51-49-46-29-27-25-23-21-19-17-15-13-11-9-7-2/h19,21,25,27,74,78H,6-18,20,22-24,26,28-73H2,1-5H3/p+1/b21-19-,27-25-. The highest BCUT2D eigenvalue weighted by Gasteiger charge is 2.25. The Morgan fingerprint density at radius 1 is 0.345 bits per heavy atom. The van der Waals surface area contributed by atoms with E-state index in [1.807, 2.05) is 21.1 Å². The lowest BCUT2D eigenvalue weighted by Crippen LogP contribution is -2.40. The second-order valence-electron chi connectivity index (χ2n) is 27.7. The van der Waals surface area contributed by atoms with Gasteiger partial charge in [-0.1, -0.05) is 366 Å². The molecule has 2 unspecified atom stereocenters. The van der Waals surface area contributed by atoms with Gasteiger partial charge in [-0.2, -0.15) is 0 Å². The van der Waals surface area contributed by atoms with Gasteiger partial charge in [0.2, 0.25) is 0 Å². The Morgan fingerprint density at radius 3 is 0.908 bits per heavy atom. The van der Waals surface area contributed by atoms with Crippen LogP contribution >= 0.6 is 0 Å². The van der Waals surface area contributed by atoms with E-state index in [2.05, 4.69) is 38.2 Å². The maximum absolute atomic E-state index is 12.9. The first kappa shape index (κ1) is 84.8. The first-order chi connectivity index (χ1) is 42.6. The van der Waals surface area contributed by atoms with Gasteiger partial charge in [0.1, 0.15) is 13.2 Å². The van der Waals surface area contributed by atoms with E-state index in [1.165, 1.54) is 327 Å². The summed E-state index contributed by atoms with van der Waals surface area (Å²) in [4.78, 5) is 37.6. The number of hydrogen-bond acceptors (Lipinski definition) is 7. The molecule has 0 amide bonds. The van der Waals surface area contributed by atoms with E-state index in [0.29, 0.717) is 17.4 Å². The van der Waals surface area contributed by atoms with Gasteiger partial charge in [0.25, 0.3) is 6.29 Å². The number of aliphatic carboxylic acids is 1. The monoisotopic (exact) mass is 1230 g/mol. The van der Waals surface area contributed by atoms with Crippen molar-refractivity contribution in [2.24, 2.45) is 0 Å². The summed E-state index contributed by atoms with van der Waals surface area (Å²) in [5.41, 5.74) is 0. The first-order valence-corrected chi connectivity index (χ1v) is 38.5. The number of ether oxygens (including phenoxy) is 4. The first-order valence-electron chi connectivity index (χ1n) is 38.5. The van der Waals surface area contributed by atoms with Gasteiger partial charge in [-0.15, -0.1) is 0 Å². The van der Waals surface area contributed by atoms with Crippen molar-refractivity contribution >= 4 is 17.9 Å². The number of carboxylic acid groups (broad SMARTS) is 1. The molecule has 2 atom stereocenters. The lowest BCUT2D eigenvalue weighted by molar-refractivity contribution is -0.870. The zero-order valence-corrected chi connectivity index (χ0v) is 59.0. The average molecular weight is 1230 g/mol. The molecule has 0 aromatic heterocycles. The van der Waals surface area contributed by atoms with Crippen LogP contribution in [0.25, 0.3) is 0 Å². The number of hydrogen-bond donors (Lipinski definition) is 1. The van der Waals surface area contributed by atoms with Crippen LogP contribution in [-0.4, -0.2) is 87.4 Å². The molecule has 0 aliphatic rings. The SMILES string of the molecule is CCCCCCC/C=C\C/C=C\CCCCCCCCCCCCCC(=O)OC(COC(=O)CCCCCCCCCCCCCCCCCCCCCCCCCCCCCCCCCCCCCCCCC)COC(OCC[N+](C)(C)C)C(=O)O. The number of esters is 2. The molecule has 87 heavy (non-hydrogen) atoms. The molecule has 0 spiro atoms. The van der Waals surface area contributed by atoms with Crippen molar-refractivity contribution in [1.82, 2.24) is 0 Å². The highest BCUT2D eigenvalue weighted by molar-refractivity contribution is 5.71. The van der Waals surface area contributed by atoms with E-state index in [0.717, 1.165) is 44.9 Å². The molecule has 0 bridgehead atoms. The Morgan fingerprint density at radius 2 is 0.621 bits per heavy atom. The Hall–Kier alpha value is -2.23. The van der Waals surface area contributed by atoms with Gasteiger partial charge in [0.05, 0.1) is 34.4 Å². The van der Waals surface area contributed by atoms with Crippen LogP contribution in [0.2, 0.25) is 0 Å². The third kappa shape index (κ3) is 71.1. The molecule has 0 radical (unpaired) electrons. The molecule has 1 N–H and O–H groups in total. The zero-order chi connectivity index (χ0) is 63.3. The minimum atomic E-state index is -1.51. The summed E-state index contributed by atoms with van der Waals surface area (Å²) < 4.78 is 23.0. The van der Waals surface area contributed by atoms with Crippen LogP contribution in [0.5, 0.6) is 0 Å². The summed E-state index contributed by atoms with van der Waals surface area (Å²) in [5, 5.41) is 9.75. The maximum atomic E-state index is 12.9. The number of carboxylic acids is 1. The lowest BCUT2D eigenvalue weighted by atomic mass is 10.0. The van der Waals surface area contributed by atoms with Crippen LogP contribution in [0.15, 0.2) is 24.3 Å². The van der Waals surface area contributed by atoms with E-state index in [9.17, 15) is 19.5 Å². The molecule has 0 heterocycles. The van der Waals surface area contributed by atoms with Gasteiger partial charge in [-0.05, 0) is 44.9 Å². The van der Waals surface area contributed by atoms with Crippen LogP contribution < -0.4 is 0 Å². The zero-order valence-electron chi connectivity index (χ0n) is 59.0. The van der Waals surface area contributed by atoms with E-state index in [4.69, 9.17) is 18.9 Å². The fraction of sp³-hybridized carbons (Fsp3) is 0.910. The highest BCUT2D eigenvalue weighted by Crippen LogP contribution is 2.20. The number of rotatable bonds is 73. The van der Waals surface area contributed by atoms with E-state index in [-0.39, 0.29) is 38.2 Å². The number of quaternary nitrogens is 1. The molecule has 0 rings (SSSR count). The molecule has 0 saturated carbocycles. The molecule has 0 aliphatic heterocycles. The third-order valence-electron chi connectivity index (χ3n) is 17.7. The normalized spacial score (nSPS) is 12.7. The van der Waals surface area contributed by atoms with Crippen molar-refractivity contribution in [2.75, 3.05) is 47.5 Å². The summed E-state index contributed by atoms with van der Waals surface area (Å²) in [7, 11) is 5.99. The second-order valence-corrected chi connectivity index (χ2v) is 27.7. The van der Waals surface area contributed by atoms with Crippen LogP contribution in [-0.2, 0) is 33.3 Å². The van der Waals surface area contributed by atoms with E-state index < -0.39 is 18.4 Å². The minimum absolute atomic E-state index is 0.177. The molecule has 514 valence electrons. The van der Waals surface area contributed by atoms with Crippen LogP contribution in [0.1, 0.15) is 399 Å². The van der Waals surface area contributed by atoms with Gasteiger partial charge in [0, 0.05) is 12.8 Å². The summed E-state index contributed by atoms with van der Waals surface area (Å²) in [6.45, 7) is 4.94. The Balaban J connectivity index is 3.93. The summed E-state index contributed by atoms with van der Waals surface area (Å²) in [6.07, 6.45) is 84.8. The minimum Gasteiger partial charge on any atom is -0.477 e. The summed E-state index contributed by atoms with van der Waals surface area (Å²) >= 11 is 0. The van der Waals surface area contributed by atoms with Crippen LogP contribution in [0.3, 0.4) is 0 Å².